The quantitative estimate of drug-likeness (QED) is 0.724. The Morgan fingerprint density at radius 1 is 0.889 bits per heavy atom. The van der Waals surface area contributed by atoms with Crippen molar-refractivity contribution in [2.75, 3.05) is 13.1 Å². The molecule has 0 radical (unpaired) electrons. The van der Waals surface area contributed by atoms with Crippen molar-refractivity contribution in [1.29, 1.82) is 0 Å². The number of nitrogens with zero attached hydrogens (tertiary/aromatic N) is 1. The van der Waals surface area contributed by atoms with Gasteiger partial charge in [0.05, 0.1) is 0 Å². The Balaban J connectivity index is 1.85. The van der Waals surface area contributed by atoms with Gasteiger partial charge in [-0.25, -0.2) is 0 Å². The van der Waals surface area contributed by atoms with E-state index in [1.165, 1.54) is 0 Å². The fraction of sp³-hybridized carbons (Fsp3) is 0.273. The lowest BCUT2D eigenvalue weighted by Crippen LogP contribution is -2.39. The minimum absolute atomic E-state index is 0.119. The Hall–Kier alpha value is -2.40. The normalized spacial score (nSPS) is 15.1. The Labute approximate surface area is 168 Å². The number of halogens is 1. The zero-order chi connectivity index (χ0) is 19.1. The molecular weight excluding hydrogens is 404 g/mol. The van der Waals surface area contributed by atoms with E-state index in [0.29, 0.717) is 11.3 Å². The van der Waals surface area contributed by atoms with Crippen LogP contribution in [0.2, 0.25) is 0 Å². The van der Waals surface area contributed by atoms with Gasteiger partial charge in [-0.05, 0) is 48.7 Å². The number of hydrogen-bond donors (Lipinski definition) is 1. The largest absolute Gasteiger partial charge is 0.337 e. The van der Waals surface area contributed by atoms with Crippen molar-refractivity contribution in [2.24, 2.45) is 0 Å². The average Bonchev–Trinajstić information content (AvgIpc) is 2.97. The highest BCUT2D eigenvalue weighted by Gasteiger charge is 2.21. The Morgan fingerprint density at radius 3 is 2.15 bits per heavy atom. The second kappa shape index (κ2) is 9.51. The van der Waals surface area contributed by atoms with E-state index in [-0.39, 0.29) is 11.8 Å². The fourth-order valence-corrected chi connectivity index (χ4v) is 3.37. The van der Waals surface area contributed by atoms with Crippen LogP contribution in [0.5, 0.6) is 0 Å². The molecule has 2 aromatic carbocycles. The van der Waals surface area contributed by atoms with Gasteiger partial charge in [-0.3, -0.25) is 9.59 Å². The molecule has 0 bridgehead atoms. The summed E-state index contributed by atoms with van der Waals surface area (Å²) in [5, 5.41) is 2.83. The topological polar surface area (TPSA) is 49.4 Å². The Morgan fingerprint density at radius 2 is 1.52 bits per heavy atom. The molecule has 1 N–H and O–H groups in total. The maximum Gasteiger partial charge on any atom is 0.270 e. The van der Waals surface area contributed by atoms with Gasteiger partial charge in [0.15, 0.2) is 0 Å². The number of amides is 2. The fourth-order valence-electron chi connectivity index (χ4n) is 3.11. The third kappa shape index (κ3) is 5.54. The van der Waals surface area contributed by atoms with Crippen molar-refractivity contribution in [1.82, 2.24) is 10.2 Å². The van der Waals surface area contributed by atoms with Crippen LogP contribution in [0, 0.1) is 0 Å². The maximum absolute atomic E-state index is 13.1. The van der Waals surface area contributed by atoms with Crippen molar-refractivity contribution >= 4 is 33.8 Å². The molecule has 0 aliphatic carbocycles. The predicted molar refractivity (Wildman–Crippen MR) is 111 cm³/mol. The van der Waals surface area contributed by atoms with Crippen molar-refractivity contribution in [3.05, 3.63) is 75.9 Å². The SMILES string of the molecule is O=C(N/C(=C\c1ccccc1)C(=O)N1CCCCCC1)c1ccc(Br)cc1. The standard InChI is InChI=1S/C22H23BrN2O2/c23-19-12-10-18(11-13-19)21(26)24-20(16-17-8-4-3-5-9-17)22(27)25-14-6-1-2-7-15-25/h3-5,8-13,16H,1-2,6-7,14-15H2,(H,24,26)/b20-16-. The number of likely N-dealkylation sites (tertiary alicyclic amines) is 1. The summed E-state index contributed by atoms with van der Waals surface area (Å²) in [7, 11) is 0. The first-order valence-electron chi connectivity index (χ1n) is 9.26. The number of benzene rings is 2. The van der Waals surface area contributed by atoms with Crippen molar-refractivity contribution in [3.8, 4) is 0 Å². The lowest BCUT2D eigenvalue weighted by Gasteiger charge is -2.22. The molecule has 1 heterocycles. The van der Waals surface area contributed by atoms with Crippen LogP contribution in [0.4, 0.5) is 0 Å². The van der Waals surface area contributed by atoms with Crippen molar-refractivity contribution < 1.29 is 9.59 Å². The molecule has 0 atom stereocenters. The second-order valence-electron chi connectivity index (χ2n) is 6.64. The molecule has 140 valence electrons. The van der Waals surface area contributed by atoms with Gasteiger partial charge in [-0.1, -0.05) is 59.1 Å². The second-order valence-corrected chi connectivity index (χ2v) is 7.55. The summed E-state index contributed by atoms with van der Waals surface area (Å²) in [6.45, 7) is 1.47. The predicted octanol–water partition coefficient (Wildman–Crippen LogP) is 4.62. The zero-order valence-electron chi connectivity index (χ0n) is 15.2. The van der Waals surface area contributed by atoms with E-state index in [4.69, 9.17) is 0 Å². The molecule has 4 nitrogen and oxygen atoms in total. The van der Waals surface area contributed by atoms with E-state index in [1.807, 2.05) is 47.4 Å². The third-order valence-corrected chi connectivity index (χ3v) is 5.12. The number of carbonyl (C=O) groups excluding carboxylic acids is 2. The van der Waals surface area contributed by atoms with Crippen molar-refractivity contribution in [2.45, 2.75) is 25.7 Å². The molecular formula is C22H23BrN2O2. The van der Waals surface area contributed by atoms with E-state index < -0.39 is 0 Å². The van der Waals surface area contributed by atoms with E-state index >= 15 is 0 Å². The highest BCUT2D eigenvalue weighted by molar-refractivity contribution is 9.10. The molecule has 27 heavy (non-hydrogen) atoms. The summed E-state index contributed by atoms with van der Waals surface area (Å²) in [6.07, 6.45) is 6.06. The molecule has 1 aliphatic rings. The molecule has 2 amide bonds. The summed E-state index contributed by atoms with van der Waals surface area (Å²) in [4.78, 5) is 27.6. The number of hydrogen-bond acceptors (Lipinski definition) is 2. The van der Waals surface area contributed by atoms with Gasteiger partial charge in [0.25, 0.3) is 11.8 Å². The lowest BCUT2D eigenvalue weighted by atomic mass is 10.1. The van der Waals surface area contributed by atoms with E-state index in [2.05, 4.69) is 21.2 Å². The minimum atomic E-state index is -0.284. The van der Waals surface area contributed by atoms with Crippen molar-refractivity contribution in [3.63, 3.8) is 0 Å². The number of carbonyl (C=O) groups is 2. The summed E-state index contributed by atoms with van der Waals surface area (Å²) in [6, 6.07) is 16.7. The monoisotopic (exact) mass is 426 g/mol. The van der Waals surface area contributed by atoms with Crippen LogP contribution in [0.25, 0.3) is 6.08 Å². The molecule has 2 aromatic rings. The summed E-state index contributed by atoms with van der Waals surface area (Å²) >= 11 is 3.37. The lowest BCUT2D eigenvalue weighted by molar-refractivity contribution is -0.127. The Kier molecular flexibility index (Phi) is 6.82. The molecule has 5 heteroatoms. The van der Waals surface area contributed by atoms with Gasteiger partial charge < -0.3 is 10.2 Å². The minimum Gasteiger partial charge on any atom is -0.337 e. The van der Waals surface area contributed by atoms with Gasteiger partial charge in [-0.2, -0.15) is 0 Å². The van der Waals surface area contributed by atoms with Crippen LogP contribution in [-0.4, -0.2) is 29.8 Å². The highest BCUT2D eigenvalue weighted by Crippen LogP contribution is 2.15. The maximum atomic E-state index is 13.1. The highest BCUT2D eigenvalue weighted by atomic mass is 79.9. The van der Waals surface area contributed by atoms with Crippen LogP contribution in [0.15, 0.2) is 64.8 Å². The summed E-state index contributed by atoms with van der Waals surface area (Å²) < 4.78 is 0.903. The van der Waals surface area contributed by atoms with Crippen LogP contribution >= 0.6 is 15.9 Å². The molecule has 3 rings (SSSR count). The number of nitrogens with one attached hydrogen (secondary N) is 1. The van der Waals surface area contributed by atoms with Crippen LogP contribution in [0.3, 0.4) is 0 Å². The van der Waals surface area contributed by atoms with Crippen LogP contribution in [-0.2, 0) is 4.79 Å². The molecule has 0 unspecified atom stereocenters. The summed E-state index contributed by atoms with van der Waals surface area (Å²) in [5.41, 5.74) is 1.71. The van der Waals surface area contributed by atoms with Crippen LogP contribution in [0.1, 0.15) is 41.6 Å². The molecule has 1 fully saturated rings. The average molecular weight is 427 g/mol. The Bertz CT molecular complexity index is 808. The third-order valence-electron chi connectivity index (χ3n) is 4.59. The van der Waals surface area contributed by atoms with E-state index in [0.717, 1.165) is 48.8 Å². The molecule has 0 saturated carbocycles. The summed E-state index contributed by atoms with van der Waals surface area (Å²) in [5.74, 6) is -0.404. The van der Waals surface area contributed by atoms with E-state index in [9.17, 15) is 9.59 Å². The van der Waals surface area contributed by atoms with Gasteiger partial charge in [0.1, 0.15) is 5.70 Å². The number of rotatable bonds is 4. The smallest absolute Gasteiger partial charge is 0.270 e. The first kappa shape index (κ1) is 19.4. The van der Waals surface area contributed by atoms with Gasteiger partial charge in [0, 0.05) is 23.1 Å². The molecule has 0 aromatic heterocycles. The first-order valence-corrected chi connectivity index (χ1v) is 10.1. The van der Waals surface area contributed by atoms with Gasteiger partial charge >= 0.3 is 0 Å². The molecule has 1 saturated heterocycles. The molecule has 0 spiro atoms. The molecule has 1 aliphatic heterocycles. The zero-order valence-corrected chi connectivity index (χ0v) is 16.7. The van der Waals surface area contributed by atoms with Gasteiger partial charge in [-0.15, -0.1) is 0 Å². The van der Waals surface area contributed by atoms with Crippen LogP contribution < -0.4 is 5.32 Å². The van der Waals surface area contributed by atoms with Gasteiger partial charge in [0.2, 0.25) is 0 Å². The van der Waals surface area contributed by atoms with E-state index in [1.54, 1.807) is 18.2 Å². The first-order chi connectivity index (χ1) is 13.1.